The first-order chi connectivity index (χ1) is 5.86. The van der Waals surface area contributed by atoms with Crippen molar-refractivity contribution in [3.63, 3.8) is 0 Å². The summed E-state index contributed by atoms with van der Waals surface area (Å²) in [6.45, 7) is 0. The molecule has 0 N–H and O–H groups in total. The lowest BCUT2D eigenvalue weighted by molar-refractivity contribution is 0.329. The van der Waals surface area contributed by atoms with Crippen molar-refractivity contribution in [2.24, 2.45) is 0 Å². The molecule has 66 valence electrons. The minimum atomic E-state index is 0.657. The monoisotopic (exact) mass is 228 g/mol. The Labute approximate surface area is 81.1 Å². The Bertz CT molecular complexity index is 251. The summed E-state index contributed by atoms with van der Waals surface area (Å²) in [6, 6.07) is 0.657. The summed E-state index contributed by atoms with van der Waals surface area (Å²) >= 11 is 3.42. The summed E-state index contributed by atoms with van der Waals surface area (Å²) in [4.78, 5) is 0. The summed E-state index contributed by atoms with van der Waals surface area (Å²) in [5.41, 5.74) is 0. The van der Waals surface area contributed by atoms with Crippen LogP contribution in [0.1, 0.15) is 38.1 Å². The summed E-state index contributed by atoms with van der Waals surface area (Å²) < 4.78 is 3.19. The van der Waals surface area contributed by atoms with Gasteiger partial charge in [-0.1, -0.05) is 19.3 Å². The molecule has 0 bridgehead atoms. The lowest BCUT2D eigenvalue weighted by atomic mass is 9.96. The molecule has 0 aliphatic heterocycles. The van der Waals surface area contributed by atoms with Crippen LogP contribution in [-0.2, 0) is 0 Å². The molecule has 1 fully saturated rings. The van der Waals surface area contributed by atoms with Crippen LogP contribution in [0.25, 0.3) is 0 Å². The molecular formula is C9H13BrN2. The quantitative estimate of drug-likeness (QED) is 0.723. The van der Waals surface area contributed by atoms with Gasteiger partial charge in [0.05, 0.1) is 16.7 Å². The fraction of sp³-hybridized carbons (Fsp3) is 0.667. The van der Waals surface area contributed by atoms with Crippen LogP contribution in [0.15, 0.2) is 16.9 Å². The van der Waals surface area contributed by atoms with Crippen LogP contribution in [0, 0.1) is 0 Å². The van der Waals surface area contributed by atoms with Gasteiger partial charge in [0.1, 0.15) is 0 Å². The molecule has 0 amide bonds. The Balaban J connectivity index is 2.08. The molecule has 2 rings (SSSR count). The van der Waals surface area contributed by atoms with Gasteiger partial charge >= 0.3 is 0 Å². The van der Waals surface area contributed by atoms with Crippen LogP contribution in [0.3, 0.4) is 0 Å². The van der Waals surface area contributed by atoms with E-state index >= 15 is 0 Å². The smallest absolute Gasteiger partial charge is 0.0632 e. The highest BCUT2D eigenvalue weighted by atomic mass is 79.9. The maximum absolute atomic E-state index is 4.31. The van der Waals surface area contributed by atoms with Gasteiger partial charge in [-0.3, -0.25) is 4.68 Å². The van der Waals surface area contributed by atoms with E-state index in [4.69, 9.17) is 0 Å². The first-order valence-electron chi connectivity index (χ1n) is 4.56. The third-order valence-electron chi connectivity index (χ3n) is 2.52. The number of rotatable bonds is 1. The standard InChI is InChI=1S/C9H13BrN2/c10-8-6-11-12(7-8)9-4-2-1-3-5-9/h6-7,9H,1-5H2. The van der Waals surface area contributed by atoms with Crippen molar-refractivity contribution in [3.8, 4) is 0 Å². The fourth-order valence-electron chi connectivity index (χ4n) is 1.86. The zero-order valence-corrected chi connectivity index (χ0v) is 8.63. The Morgan fingerprint density at radius 3 is 2.67 bits per heavy atom. The molecular weight excluding hydrogens is 216 g/mol. The van der Waals surface area contributed by atoms with Crippen LogP contribution in [0.4, 0.5) is 0 Å². The van der Waals surface area contributed by atoms with Gasteiger partial charge < -0.3 is 0 Å². The molecule has 1 saturated carbocycles. The van der Waals surface area contributed by atoms with Crippen LogP contribution >= 0.6 is 15.9 Å². The van der Waals surface area contributed by atoms with Gasteiger partial charge in [-0.15, -0.1) is 0 Å². The molecule has 0 spiro atoms. The molecule has 1 aromatic rings. The number of halogens is 1. The molecule has 0 saturated heterocycles. The topological polar surface area (TPSA) is 17.8 Å². The Hall–Kier alpha value is -0.310. The Morgan fingerprint density at radius 1 is 1.33 bits per heavy atom. The van der Waals surface area contributed by atoms with E-state index in [1.807, 2.05) is 6.20 Å². The van der Waals surface area contributed by atoms with Gasteiger partial charge in [-0.05, 0) is 28.8 Å². The van der Waals surface area contributed by atoms with Crippen molar-refractivity contribution in [2.45, 2.75) is 38.1 Å². The van der Waals surface area contributed by atoms with E-state index in [1.54, 1.807) is 0 Å². The average Bonchev–Trinajstić information content (AvgIpc) is 2.54. The van der Waals surface area contributed by atoms with E-state index in [2.05, 4.69) is 31.9 Å². The Morgan fingerprint density at radius 2 is 2.08 bits per heavy atom. The van der Waals surface area contributed by atoms with Crippen LogP contribution in [-0.4, -0.2) is 9.78 Å². The second kappa shape index (κ2) is 3.60. The zero-order valence-electron chi connectivity index (χ0n) is 7.04. The SMILES string of the molecule is Brc1cnn(C2CCCCC2)c1. The number of hydrogen-bond acceptors (Lipinski definition) is 1. The van der Waals surface area contributed by atoms with Crippen LogP contribution in [0.2, 0.25) is 0 Å². The van der Waals surface area contributed by atoms with Crippen LogP contribution in [0.5, 0.6) is 0 Å². The van der Waals surface area contributed by atoms with E-state index in [0.29, 0.717) is 6.04 Å². The summed E-state index contributed by atoms with van der Waals surface area (Å²) in [6.07, 6.45) is 10.7. The molecule has 1 aliphatic rings. The lowest BCUT2D eigenvalue weighted by Gasteiger charge is -2.21. The molecule has 1 aliphatic carbocycles. The molecule has 0 radical (unpaired) electrons. The van der Waals surface area contributed by atoms with Gasteiger partial charge in [-0.25, -0.2) is 0 Å². The largest absolute Gasteiger partial charge is 0.269 e. The highest BCUT2D eigenvalue weighted by Gasteiger charge is 2.15. The van der Waals surface area contributed by atoms with Gasteiger partial charge in [0.25, 0.3) is 0 Å². The van der Waals surface area contributed by atoms with Crippen molar-refractivity contribution < 1.29 is 0 Å². The molecule has 3 heteroatoms. The maximum atomic E-state index is 4.31. The molecule has 2 nitrogen and oxygen atoms in total. The second-order valence-electron chi connectivity index (χ2n) is 3.43. The molecule has 1 heterocycles. The summed E-state index contributed by atoms with van der Waals surface area (Å²) in [5.74, 6) is 0. The highest BCUT2D eigenvalue weighted by molar-refractivity contribution is 9.10. The van der Waals surface area contributed by atoms with E-state index in [0.717, 1.165) is 4.47 Å². The van der Waals surface area contributed by atoms with Crippen molar-refractivity contribution in [2.75, 3.05) is 0 Å². The maximum Gasteiger partial charge on any atom is 0.0632 e. The molecule has 1 aromatic heterocycles. The second-order valence-corrected chi connectivity index (χ2v) is 4.35. The first-order valence-corrected chi connectivity index (χ1v) is 5.35. The summed E-state index contributed by atoms with van der Waals surface area (Å²) in [7, 11) is 0. The summed E-state index contributed by atoms with van der Waals surface area (Å²) in [5, 5.41) is 4.31. The minimum Gasteiger partial charge on any atom is -0.269 e. The molecule has 0 atom stereocenters. The zero-order chi connectivity index (χ0) is 8.39. The number of nitrogens with zero attached hydrogens (tertiary/aromatic N) is 2. The van der Waals surface area contributed by atoms with Gasteiger partial charge in [0, 0.05) is 6.20 Å². The van der Waals surface area contributed by atoms with E-state index in [-0.39, 0.29) is 0 Å². The fourth-order valence-corrected chi connectivity index (χ4v) is 2.16. The molecule has 0 aromatic carbocycles. The number of aromatic nitrogens is 2. The van der Waals surface area contributed by atoms with E-state index in [9.17, 15) is 0 Å². The van der Waals surface area contributed by atoms with Gasteiger partial charge in [-0.2, -0.15) is 5.10 Å². The first kappa shape index (κ1) is 8.30. The predicted octanol–water partition coefficient (Wildman–Crippen LogP) is 3.15. The Kier molecular flexibility index (Phi) is 2.49. The van der Waals surface area contributed by atoms with Gasteiger partial charge in [0.2, 0.25) is 0 Å². The molecule has 0 unspecified atom stereocenters. The van der Waals surface area contributed by atoms with Crippen molar-refractivity contribution in [1.29, 1.82) is 0 Å². The minimum absolute atomic E-state index is 0.657. The predicted molar refractivity (Wildman–Crippen MR) is 52.0 cm³/mol. The van der Waals surface area contributed by atoms with E-state index < -0.39 is 0 Å². The van der Waals surface area contributed by atoms with Crippen LogP contribution < -0.4 is 0 Å². The lowest BCUT2D eigenvalue weighted by Crippen LogP contribution is -2.12. The average molecular weight is 229 g/mol. The third kappa shape index (κ3) is 1.71. The normalized spacial score (nSPS) is 19.8. The number of hydrogen-bond donors (Lipinski definition) is 0. The van der Waals surface area contributed by atoms with E-state index in [1.165, 1.54) is 32.1 Å². The third-order valence-corrected chi connectivity index (χ3v) is 2.93. The van der Waals surface area contributed by atoms with Crippen molar-refractivity contribution in [1.82, 2.24) is 9.78 Å². The van der Waals surface area contributed by atoms with Crippen molar-refractivity contribution in [3.05, 3.63) is 16.9 Å². The molecule has 12 heavy (non-hydrogen) atoms. The highest BCUT2D eigenvalue weighted by Crippen LogP contribution is 2.27. The van der Waals surface area contributed by atoms with Gasteiger partial charge in [0.15, 0.2) is 0 Å². The van der Waals surface area contributed by atoms with Crippen molar-refractivity contribution >= 4 is 15.9 Å².